The van der Waals surface area contributed by atoms with Gasteiger partial charge in [-0.05, 0) is 35.0 Å². The summed E-state index contributed by atoms with van der Waals surface area (Å²) in [6.45, 7) is 0. The molecule has 0 aliphatic heterocycles. The highest BCUT2D eigenvalue weighted by Crippen LogP contribution is 2.37. The van der Waals surface area contributed by atoms with Gasteiger partial charge in [0, 0.05) is 15.3 Å². The van der Waals surface area contributed by atoms with Gasteiger partial charge < -0.3 is 0 Å². The summed E-state index contributed by atoms with van der Waals surface area (Å²) in [4.78, 5) is 2.79. The van der Waals surface area contributed by atoms with Crippen LogP contribution in [0.3, 0.4) is 0 Å². The molecule has 0 aromatic carbocycles. The van der Waals surface area contributed by atoms with Gasteiger partial charge >= 0.3 is 0 Å². The molecule has 0 nitrogen and oxygen atoms in total. The first-order valence-electron chi connectivity index (χ1n) is 5.15. The van der Waals surface area contributed by atoms with Crippen molar-refractivity contribution in [1.82, 2.24) is 0 Å². The molecule has 16 heavy (non-hydrogen) atoms. The Hall–Kier alpha value is -1.34. The van der Waals surface area contributed by atoms with Crippen molar-refractivity contribution in [3.05, 3.63) is 74.3 Å². The van der Waals surface area contributed by atoms with E-state index in [1.807, 2.05) is 28.7 Å². The molecule has 2 aromatic rings. The summed E-state index contributed by atoms with van der Waals surface area (Å²) >= 11 is 3.63. The lowest BCUT2D eigenvalue weighted by Gasteiger charge is -2.12. The number of allylic oxidation sites excluding steroid dienone is 3. The Morgan fingerprint density at radius 1 is 1.00 bits per heavy atom. The van der Waals surface area contributed by atoms with Crippen LogP contribution in [0.5, 0.6) is 0 Å². The van der Waals surface area contributed by atoms with Gasteiger partial charge in [-0.3, -0.25) is 0 Å². The SMILES string of the molecule is C1=CC=CC=1C(c1cccs1)c1cccs1. The molecular weight excluding hydrogens is 232 g/mol. The van der Waals surface area contributed by atoms with E-state index in [1.165, 1.54) is 15.3 Å². The van der Waals surface area contributed by atoms with E-state index < -0.39 is 0 Å². The molecule has 2 aromatic heterocycles. The Morgan fingerprint density at radius 3 is 2.12 bits per heavy atom. The first kappa shape index (κ1) is 9.86. The minimum absolute atomic E-state index is 0.370. The highest BCUT2D eigenvalue weighted by atomic mass is 32.1. The lowest BCUT2D eigenvalue weighted by molar-refractivity contribution is 1.04. The van der Waals surface area contributed by atoms with Crippen molar-refractivity contribution < 1.29 is 0 Å². The molecule has 0 radical (unpaired) electrons. The topological polar surface area (TPSA) is 0 Å². The van der Waals surface area contributed by atoms with Gasteiger partial charge in [0.25, 0.3) is 0 Å². The molecule has 0 saturated carbocycles. The molecule has 0 unspecified atom stereocenters. The smallest absolute Gasteiger partial charge is 0.0600 e. The van der Waals surface area contributed by atoms with Crippen LogP contribution in [0, 0.1) is 0 Å². The van der Waals surface area contributed by atoms with Crippen molar-refractivity contribution in [1.29, 1.82) is 0 Å². The zero-order valence-electron chi connectivity index (χ0n) is 8.59. The molecule has 0 atom stereocenters. The predicted octanol–water partition coefficient (Wildman–Crippen LogP) is 4.59. The second-order valence-corrected chi connectivity index (χ2v) is 5.55. The summed E-state index contributed by atoms with van der Waals surface area (Å²) in [5.41, 5.74) is 4.60. The van der Waals surface area contributed by atoms with E-state index >= 15 is 0 Å². The van der Waals surface area contributed by atoms with Gasteiger partial charge in [0.2, 0.25) is 0 Å². The Bertz CT molecular complexity index is 516. The maximum Gasteiger partial charge on any atom is 0.0600 e. The van der Waals surface area contributed by atoms with E-state index in [0.717, 1.165) is 0 Å². The maximum atomic E-state index is 3.33. The summed E-state index contributed by atoms with van der Waals surface area (Å²) in [5.74, 6) is 0.370. The standard InChI is InChI=1S/C14H10S2/c1-2-6-11(5-1)14(12-7-3-9-15-12)13-8-4-10-16-13/h1-5,7-10,14H. The highest BCUT2D eigenvalue weighted by molar-refractivity contribution is 7.11. The summed E-state index contributed by atoms with van der Waals surface area (Å²) < 4.78 is 0. The molecular formula is C14H10S2. The van der Waals surface area contributed by atoms with Crippen LogP contribution < -0.4 is 0 Å². The number of thiophene rings is 2. The predicted molar refractivity (Wildman–Crippen MR) is 71.2 cm³/mol. The maximum absolute atomic E-state index is 3.33. The van der Waals surface area contributed by atoms with Crippen molar-refractivity contribution >= 4 is 22.7 Å². The minimum atomic E-state index is 0.370. The average Bonchev–Trinajstić information content (AvgIpc) is 3.02. The van der Waals surface area contributed by atoms with Gasteiger partial charge in [-0.15, -0.1) is 28.4 Å². The van der Waals surface area contributed by atoms with Crippen molar-refractivity contribution in [2.24, 2.45) is 0 Å². The number of hydrogen-bond donors (Lipinski definition) is 0. The van der Waals surface area contributed by atoms with Crippen LogP contribution in [0.1, 0.15) is 15.7 Å². The molecule has 0 N–H and O–H groups in total. The van der Waals surface area contributed by atoms with Crippen molar-refractivity contribution in [3.63, 3.8) is 0 Å². The molecule has 0 amide bonds. The van der Waals surface area contributed by atoms with Crippen LogP contribution in [0.4, 0.5) is 0 Å². The van der Waals surface area contributed by atoms with Crippen LogP contribution in [-0.4, -0.2) is 0 Å². The third-order valence-electron chi connectivity index (χ3n) is 2.59. The first-order chi connectivity index (χ1) is 7.95. The van der Waals surface area contributed by atoms with E-state index in [-0.39, 0.29) is 0 Å². The minimum Gasteiger partial charge on any atom is -0.148 e. The summed E-state index contributed by atoms with van der Waals surface area (Å²) in [5, 5.41) is 4.28. The van der Waals surface area contributed by atoms with Gasteiger partial charge in [-0.1, -0.05) is 18.2 Å². The van der Waals surface area contributed by atoms with E-state index in [4.69, 9.17) is 0 Å². The number of rotatable bonds is 3. The van der Waals surface area contributed by atoms with Gasteiger partial charge in [-0.2, -0.15) is 0 Å². The fraction of sp³-hybridized carbons (Fsp3) is 0.0714. The molecule has 0 bridgehead atoms. The molecule has 0 saturated heterocycles. The van der Waals surface area contributed by atoms with E-state index in [0.29, 0.717) is 5.92 Å². The van der Waals surface area contributed by atoms with Crippen LogP contribution in [0.25, 0.3) is 0 Å². The van der Waals surface area contributed by atoms with E-state index in [9.17, 15) is 0 Å². The second kappa shape index (κ2) is 4.26. The van der Waals surface area contributed by atoms with Crippen LogP contribution in [0.15, 0.2) is 64.6 Å². The molecule has 2 heterocycles. The molecule has 1 aliphatic carbocycles. The van der Waals surface area contributed by atoms with Gasteiger partial charge in [-0.25, -0.2) is 0 Å². The Morgan fingerprint density at radius 2 is 1.69 bits per heavy atom. The van der Waals surface area contributed by atoms with Gasteiger partial charge in [0.05, 0.1) is 5.92 Å². The highest BCUT2D eigenvalue weighted by Gasteiger charge is 2.19. The molecule has 78 valence electrons. The Labute approximate surface area is 103 Å². The molecule has 2 heteroatoms. The summed E-state index contributed by atoms with van der Waals surface area (Å²) in [6, 6.07) is 8.64. The number of hydrogen-bond acceptors (Lipinski definition) is 2. The summed E-state index contributed by atoms with van der Waals surface area (Å²) in [7, 11) is 0. The average molecular weight is 242 g/mol. The second-order valence-electron chi connectivity index (χ2n) is 3.59. The lowest BCUT2D eigenvalue weighted by Crippen LogP contribution is -1.97. The van der Waals surface area contributed by atoms with Crippen LogP contribution in [-0.2, 0) is 0 Å². The van der Waals surface area contributed by atoms with Crippen molar-refractivity contribution in [2.45, 2.75) is 5.92 Å². The molecule has 1 aliphatic rings. The zero-order chi connectivity index (χ0) is 10.8. The third kappa shape index (κ3) is 1.72. The van der Waals surface area contributed by atoms with Gasteiger partial charge in [0.1, 0.15) is 0 Å². The van der Waals surface area contributed by atoms with Crippen molar-refractivity contribution in [3.8, 4) is 0 Å². The van der Waals surface area contributed by atoms with E-state index in [2.05, 4.69) is 52.9 Å². The largest absolute Gasteiger partial charge is 0.148 e. The Kier molecular flexibility index (Phi) is 2.63. The molecule has 0 fully saturated rings. The van der Waals surface area contributed by atoms with E-state index in [1.54, 1.807) is 0 Å². The van der Waals surface area contributed by atoms with Crippen molar-refractivity contribution in [2.75, 3.05) is 0 Å². The lowest BCUT2D eigenvalue weighted by atomic mass is 9.97. The fourth-order valence-electron chi connectivity index (χ4n) is 1.88. The Balaban J connectivity index is 2.09. The first-order valence-corrected chi connectivity index (χ1v) is 6.91. The monoisotopic (exact) mass is 242 g/mol. The quantitative estimate of drug-likeness (QED) is 0.690. The summed E-state index contributed by atoms with van der Waals surface area (Å²) in [6.07, 6.45) is 6.21. The van der Waals surface area contributed by atoms with Crippen LogP contribution >= 0.6 is 22.7 Å². The normalized spacial score (nSPS) is 13.7. The zero-order valence-corrected chi connectivity index (χ0v) is 10.2. The molecule has 3 rings (SSSR count). The third-order valence-corrected chi connectivity index (χ3v) is 4.46. The molecule has 0 spiro atoms. The van der Waals surface area contributed by atoms with Gasteiger partial charge in [0.15, 0.2) is 0 Å². The van der Waals surface area contributed by atoms with Crippen LogP contribution in [0.2, 0.25) is 0 Å². The fourth-order valence-corrected chi connectivity index (χ4v) is 3.68.